The van der Waals surface area contributed by atoms with Gasteiger partial charge in [0, 0.05) is 18.3 Å². The maximum atomic E-state index is 11.8. The molecule has 0 radical (unpaired) electrons. The first kappa shape index (κ1) is 17.6. The van der Waals surface area contributed by atoms with Gasteiger partial charge in [0.15, 0.2) is 15.7 Å². The molecule has 25 heavy (non-hydrogen) atoms. The molecule has 8 heteroatoms. The van der Waals surface area contributed by atoms with E-state index in [-0.39, 0.29) is 17.5 Å². The number of hydrogen-bond acceptors (Lipinski definition) is 7. The second kappa shape index (κ2) is 6.95. The zero-order valence-electron chi connectivity index (χ0n) is 14.7. The van der Waals surface area contributed by atoms with E-state index in [1.807, 2.05) is 37.8 Å². The Balaban J connectivity index is 1.84. The largest absolute Gasteiger partial charge is 0.351 e. The molecule has 0 saturated carbocycles. The quantitative estimate of drug-likeness (QED) is 0.874. The van der Waals surface area contributed by atoms with E-state index in [1.165, 1.54) is 0 Å². The number of hydrogen-bond donors (Lipinski definition) is 1. The normalized spacial score (nSPS) is 18.9. The Hall–Kier alpha value is -2.22. The highest BCUT2D eigenvalue weighted by atomic mass is 32.2. The number of nitrogens with one attached hydrogen (secondary N) is 1. The molecule has 0 amide bonds. The summed E-state index contributed by atoms with van der Waals surface area (Å²) in [6.45, 7) is 6.70. The van der Waals surface area contributed by atoms with Crippen LogP contribution in [0.1, 0.15) is 24.5 Å². The Bertz CT molecular complexity index is 869. The second-order valence-corrected chi connectivity index (χ2v) is 8.65. The fraction of sp³-hybridized carbons (Fsp3) is 0.471. The third-order valence-corrected chi connectivity index (χ3v) is 6.22. The van der Waals surface area contributed by atoms with Crippen LogP contribution in [0.25, 0.3) is 0 Å². The van der Waals surface area contributed by atoms with Gasteiger partial charge in [0.1, 0.15) is 0 Å². The second-order valence-electron chi connectivity index (χ2n) is 6.42. The third kappa shape index (κ3) is 4.07. The smallest absolute Gasteiger partial charge is 0.249 e. The molecule has 2 heterocycles. The molecule has 1 aromatic heterocycles. The molecule has 3 rings (SSSR count). The summed E-state index contributed by atoms with van der Waals surface area (Å²) < 4.78 is 23.6. The average molecular weight is 361 g/mol. The van der Waals surface area contributed by atoms with E-state index in [4.69, 9.17) is 0 Å². The zero-order chi connectivity index (χ0) is 18.0. The molecule has 134 valence electrons. The van der Waals surface area contributed by atoms with Crippen LogP contribution >= 0.6 is 0 Å². The van der Waals surface area contributed by atoms with Crippen LogP contribution in [0.5, 0.6) is 0 Å². The van der Waals surface area contributed by atoms with E-state index in [9.17, 15) is 8.42 Å². The molecule has 1 aliphatic heterocycles. The Morgan fingerprint density at radius 3 is 2.80 bits per heavy atom. The number of sulfone groups is 1. The highest BCUT2D eigenvalue weighted by molar-refractivity contribution is 7.91. The molecule has 1 atom stereocenters. The van der Waals surface area contributed by atoms with Gasteiger partial charge in [-0.2, -0.15) is 10.1 Å². The minimum atomic E-state index is -2.95. The first-order valence-electron chi connectivity index (χ1n) is 8.39. The fourth-order valence-electron chi connectivity index (χ4n) is 3.11. The lowest BCUT2D eigenvalue weighted by molar-refractivity contribution is 0.599. The molecular weight excluding hydrogens is 338 g/mol. The van der Waals surface area contributed by atoms with Gasteiger partial charge in [0.05, 0.1) is 17.7 Å². The van der Waals surface area contributed by atoms with E-state index < -0.39 is 9.84 Å². The lowest BCUT2D eigenvalue weighted by atomic mass is 10.1. The lowest BCUT2D eigenvalue weighted by Crippen LogP contribution is -2.37. The molecule has 7 nitrogen and oxygen atoms in total. The predicted octanol–water partition coefficient (Wildman–Crippen LogP) is 2.25. The molecule has 1 aromatic carbocycles. The van der Waals surface area contributed by atoms with Crippen LogP contribution in [0.3, 0.4) is 0 Å². The summed E-state index contributed by atoms with van der Waals surface area (Å²) in [5, 5.41) is 11.3. The summed E-state index contributed by atoms with van der Waals surface area (Å²) in [5.74, 6) is 1.46. The number of aromatic nitrogens is 3. The van der Waals surface area contributed by atoms with E-state index in [2.05, 4.69) is 26.6 Å². The van der Waals surface area contributed by atoms with Gasteiger partial charge >= 0.3 is 0 Å². The van der Waals surface area contributed by atoms with Crippen LogP contribution < -0.4 is 10.2 Å². The van der Waals surface area contributed by atoms with Crippen molar-refractivity contribution >= 4 is 27.3 Å². The topological polar surface area (TPSA) is 88.1 Å². The van der Waals surface area contributed by atoms with Crippen molar-refractivity contribution in [3.63, 3.8) is 0 Å². The van der Waals surface area contributed by atoms with Crippen LogP contribution in [-0.4, -0.2) is 47.7 Å². The van der Waals surface area contributed by atoms with Crippen LogP contribution in [0.4, 0.5) is 17.5 Å². The first-order chi connectivity index (χ1) is 11.9. The van der Waals surface area contributed by atoms with Gasteiger partial charge in [-0.3, -0.25) is 0 Å². The molecular formula is C17H23N5O2S. The molecule has 1 aliphatic rings. The summed E-state index contributed by atoms with van der Waals surface area (Å²) in [4.78, 5) is 6.54. The van der Waals surface area contributed by atoms with Crippen molar-refractivity contribution in [1.82, 2.24) is 15.2 Å². The lowest BCUT2D eigenvalue weighted by Gasteiger charge is -2.27. The monoisotopic (exact) mass is 361 g/mol. The first-order valence-corrected chi connectivity index (χ1v) is 10.2. The van der Waals surface area contributed by atoms with Crippen LogP contribution in [0.2, 0.25) is 0 Å². The van der Waals surface area contributed by atoms with E-state index in [0.717, 1.165) is 16.8 Å². The van der Waals surface area contributed by atoms with Crippen molar-refractivity contribution in [2.45, 2.75) is 33.2 Å². The van der Waals surface area contributed by atoms with E-state index in [1.54, 1.807) is 6.20 Å². The molecule has 1 fully saturated rings. The summed E-state index contributed by atoms with van der Waals surface area (Å²) in [5.41, 5.74) is 3.17. The number of benzene rings is 1. The highest BCUT2D eigenvalue weighted by Crippen LogP contribution is 2.24. The van der Waals surface area contributed by atoms with Gasteiger partial charge in [0.25, 0.3) is 0 Å². The van der Waals surface area contributed by atoms with Gasteiger partial charge in [0.2, 0.25) is 5.95 Å². The van der Waals surface area contributed by atoms with Gasteiger partial charge in [-0.1, -0.05) is 12.1 Å². The van der Waals surface area contributed by atoms with Crippen LogP contribution in [-0.2, 0) is 9.84 Å². The minimum absolute atomic E-state index is 0.0553. The molecule has 0 bridgehead atoms. The molecule has 2 aromatic rings. The van der Waals surface area contributed by atoms with Crippen LogP contribution in [0.15, 0.2) is 24.4 Å². The summed E-state index contributed by atoms with van der Waals surface area (Å²) in [7, 11) is -2.95. The van der Waals surface area contributed by atoms with Gasteiger partial charge < -0.3 is 10.2 Å². The Morgan fingerprint density at radius 2 is 2.12 bits per heavy atom. The predicted molar refractivity (Wildman–Crippen MR) is 99.1 cm³/mol. The Labute approximate surface area is 148 Å². The van der Waals surface area contributed by atoms with Crippen molar-refractivity contribution in [3.8, 4) is 0 Å². The van der Waals surface area contributed by atoms with Crippen LogP contribution in [0, 0.1) is 13.8 Å². The Morgan fingerprint density at radius 1 is 1.32 bits per heavy atom. The van der Waals surface area contributed by atoms with Gasteiger partial charge in [-0.05, 0) is 44.4 Å². The fourth-order valence-corrected chi connectivity index (χ4v) is 4.84. The maximum absolute atomic E-state index is 11.8. The molecule has 0 spiro atoms. The van der Waals surface area contributed by atoms with E-state index in [0.29, 0.717) is 24.7 Å². The van der Waals surface area contributed by atoms with Crippen molar-refractivity contribution < 1.29 is 8.42 Å². The molecule has 0 aliphatic carbocycles. The maximum Gasteiger partial charge on any atom is 0.249 e. The molecule has 1 saturated heterocycles. The number of nitrogens with zero attached hydrogens (tertiary/aromatic N) is 4. The summed E-state index contributed by atoms with van der Waals surface area (Å²) >= 11 is 0. The van der Waals surface area contributed by atoms with Gasteiger partial charge in [-0.15, -0.1) is 5.10 Å². The average Bonchev–Trinajstić information content (AvgIpc) is 2.92. The van der Waals surface area contributed by atoms with Crippen molar-refractivity contribution in [1.29, 1.82) is 0 Å². The van der Waals surface area contributed by atoms with Gasteiger partial charge in [-0.25, -0.2) is 8.42 Å². The number of rotatable bonds is 5. The molecule has 1 unspecified atom stereocenters. The SMILES string of the molecule is CCN(c1cnnc(Nc2cc(C)ccc2C)n1)C1CCS(=O)(=O)C1. The number of anilines is 3. The highest BCUT2D eigenvalue weighted by Gasteiger charge is 2.32. The van der Waals surface area contributed by atoms with Crippen molar-refractivity contribution in [2.24, 2.45) is 0 Å². The van der Waals surface area contributed by atoms with Crippen molar-refractivity contribution in [2.75, 3.05) is 28.3 Å². The zero-order valence-corrected chi connectivity index (χ0v) is 15.5. The van der Waals surface area contributed by atoms with E-state index >= 15 is 0 Å². The molecule has 1 N–H and O–H groups in total. The van der Waals surface area contributed by atoms with Crippen molar-refractivity contribution in [3.05, 3.63) is 35.5 Å². The standard InChI is InChI=1S/C17H23N5O2S/c1-4-22(14-7-8-25(23,24)11-14)16-10-18-21-17(20-16)19-15-9-12(2)5-6-13(15)3/h5-6,9-10,14H,4,7-8,11H2,1-3H3,(H,19,20,21). The summed E-state index contributed by atoms with van der Waals surface area (Å²) in [6.07, 6.45) is 2.21. The number of aryl methyl sites for hydroxylation is 2. The third-order valence-electron chi connectivity index (χ3n) is 4.47. The Kier molecular flexibility index (Phi) is 4.89. The summed E-state index contributed by atoms with van der Waals surface area (Å²) in [6, 6.07) is 6.07. The minimum Gasteiger partial charge on any atom is -0.351 e.